The van der Waals surface area contributed by atoms with Crippen LogP contribution in [0.2, 0.25) is 0 Å². The number of hydrogen-bond acceptors (Lipinski definition) is 6. The topological polar surface area (TPSA) is 102 Å². The molecule has 3 rings (SSSR count). The van der Waals surface area contributed by atoms with Crippen LogP contribution in [0.25, 0.3) is 0 Å². The molecule has 8 nitrogen and oxygen atoms in total. The fourth-order valence-corrected chi connectivity index (χ4v) is 3.29. The average Bonchev–Trinajstić information content (AvgIpc) is 3.11. The molecule has 2 N–H and O–H groups in total. The van der Waals surface area contributed by atoms with Crippen LogP contribution < -0.4 is 10.6 Å². The van der Waals surface area contributed by atoms with Crippen molar-refractivity contribution in [3.8, 4) is 0 Å². The molecule has 2 aromatic heterocycles. The highest BCUT2D eigenvalue weighted by atomic mass is 32.1. The lowest BCUT2D eigenvalue weighted by molar-refractivity contribution is 0.0602. The molecule has 0 saturated heterocycles. The van der Waals surface area contributed by atoms with Crippen LogP contribution in [-0.2, 0) is 11.3 Å². The van der Waals surface area contributed by atoms with Crippen molar-refractivity contribution in [1.29, 1.82) is 0 Å². The van der Waals surface area contributed by atoms with E-state index in [1.807, 2.05) is 6.92 Å². The normalized spacial score (nSPS) is 16.3. The zero-order chi connectivity index (χ0) is 17.4. The Morgan fingerprint density at radius 3 is 2.96 bits per heavy atom. The number of aromatic nitrogens is 2. The Morgan fingerprint density at radius 2 is 2.25 bits per heavy atom. The molecule has 0 aliphatic carbocycles. The number of carbonyl (C=O) groups is 3. The highest BCUT2D eigenvalue weighted by Crippen LogP contribution is 2.28. The van der Waals surface area contributed by atoms with Crippen molar-refractivity contribution < 1.29 is 19.1 Å². The first kappa shape index (κ1) is 16.2. The third-order valence-corrected chi connectivity index (χ3v) is 4.60. The van der Waals surface area contributed by atoms with Crippen LogP contribution in [0.5, 0.6) is 0 Å². The van der Waals surface area contributed by atoms with Crippen molar-refractivity contribution in [3.63, 3.8) is 0 Å². The Balaban J connectivity index is 1.87. The maximum Gasteiger partial charge on any atom is 0.340 e. The first-order valence-corrected chi connectivity index (χ1v) is 8.15. The van der Waals surface area contributed by atoms with Crippen LogP contribution >= 0.6 is 11.3 Å². The molecule has 0 bridgehead atoms. The third kappa shape index (κ3) is 2.78. The zero-order valence-corrected chi connectivity index (χ0v) is 14.2. The van der Waals surface area contributed by atoms with Gasteiger partial charge in [0.2, 0.25) is 0 Å². The lowest BCUT2D eigenvalue weighted by atomic mass is 10.2. The van der Waals surface area contributed by atoms with Gasteiger partial charge in [-0.05, 0) is 13.8 Å². The highest BCUT2D eigenvalue weighted by molar-refractivity contribution is 7.10. The number of amides is 2. The maximum absolute atomic E-state index is 12.5. The lowest BCUT2D eigenvalue weighted by Gasteiger charge is -2.20. The van der Waals surface area contributed by atoms with E-state index in [1.54, 1.807) is 12.3 Å². The van der Waals surface area contributed by atoms with Gasteiger partial charge in [0.1, 0.15) is 5.69 Å². The molecule has 126 valence electrons. The molecule has 0 aromatic carbocycles. The molecule has 3 heterocycles. The summed E-state index contributed by atoms with van der Waals surface area (Å²) in [6.45, 7) is 4.15. The Bertz CT molecular complexity index is 839. The number of carbonyl (C=O) groups excluding carboxylic acids is 3. The van der Waals surface area contributed by atoms with Gasteiger partial charge >= 0.3 is 5.97 Å². The van der Waals surface area contributed by atoms with E-state index in [-0.39, 0.29) is 17.6 Å². The predicted molar refractivity (Wildman–Crippen MR) is 87.5 cm³/mol. The summed E-state index contributed by atoms with van der Waals surface area (Å²) in [4.78, 5) is 36.9. The van der Waals surface area contributed by atoms with Gasteiger partial charge in [-0.15, -0.1) is 11.3 Å². The fourth-order valence-electron chi connectivity index (χ4n) is 2.50. The summed E-state index contributed by atoms with van der Waals surface area (Å²) in [5, 5.41) is 11.3. The number of rotatable bonds is 3. The molecule has 0 fully saturated rings. The molecule has 9 heteroatoms. The summed E-state index contributed by atoms with van der Waals surface area (Å²) < 4.78 is 6.23. The fraction of sp³-hybridized carbons (Fsp3) is 0.333. The van der Waals surface area contributed by atoms with Gasteiger partial charge in [0.15, 0.2) is 5.69 Å². The number of methoxy groups -OCH3 is 1. The van der Waals surface area contributed by atoms with Gasteiger partial charge in [-0.1, -0.05) is 0 Å². The maximum atomic E-state index is 12.5. The smallest absolute Gasteiger partial charge is 0.340 e. The van der Waals surface area contributed by atoms with Crippen LogP contribution in [0, 0.1) is 6.92 Å². The van der Waals surface area contributed by atoms with Gasteiger partial charge in [-0.3, -0.25) is 14.3 Å². The van der Waals surface area contributed by atoms with E-state index in [0.717, 1.165) is 4.88 Å². The minimum absolute atomic E-state index is 0.0501. The van der Waals surface area contributed by atoms with Gasteiger partial charge in [0, 0.05) is 22.4 Å². The summed E-state index contributed by atoms with van der Waals surface area (Å²) in [5.41, 5.74) is 1.16. The van der Waals surface area contributed by atoms with E-state index in [2.05, 4.69) is 15.7 Å². The van der Waals surface area contributed by atoms with Gasteiger partial charge < -0.3 is 15.4 Å². The number of nitrogens with one attached hydrogen (secondary N) is 2. The van der Waals surface area contributed by atoms with E-state index >= 15 is 0 Å². The van der Waals surface area contributed by atoms with Gasteiger partial charge in [0.25, 0.3) is 11.8 Å². The number of fused-ring (bicyclic) bond motifs is 1. The number of ether oxygens (including phenoxy) is 1. The molecular formula is C15H16N4O4S. The van der Waals surface area contributed by atoms with Crippen LogP contribution in [0.4, 0.5) is 5.69 Å². The van der Waals surface area contributed by atoms with Crippen molar-refractivity contribution in [2.75, 3.05) is 12.4 Å². The predicted octanol–water partition coefficient (Wildman–Crippen LogP) is 1.42. The molecule has 0 radical (unpaired) electrons. The van der Waals surface area contributed by atoms with E-state index in [9.17, 15) is 14.4 Å². The molecule has 0 saturated carbocycles. The Labute approximate surface area is 141 Å². The van der Waals surface area contributed by atoms with Crippen molar-refractivity contribution in [1.82, 2.24) is 15.1 Å². The number of aryl methyl sites for hydroxylation is 1. The molecule has 1 unspecified atom stereocenters. The molecular weight excluding hydrogens is 332 g/mol. The summed E-state index contributed by atoms with van der Waals surface area (Å²) in [5.74, 6) is -1.27. The average molecular weight is 348 g/mol. The van der Waals surface area contributed by atoms with Crippen molar-refractivity contribution in [2.45, 2.75) is 26.4 Å². The minimum Gasteiger partial charge on any atom is -0.465 e. The second-order valence-corrected chi connectivity index (χ2v) is 6.58. The second kappa shape index (κ2) is 6.08. The van der Waals surface area contributed by atoms with Crippen LogP contribution in [-0.4, -0.2) is 40.7 Å². The summed E-state index contributed by atoms with van der Waals surface area (Å²) in [7, 11) is 1.28. The number of anilines is 1. The standard InChI is InChI=1S/C15H16N4O4S/c1-7-5-19-11(14(21)16-7)4-10(18-19)13(20)17-12-8(2)24-6-9(12)15(22)23-3/h4,6-7H,5H2,1-3H3,(H,16,21)(H,17,20). The van der Waals surface area contributed by atoms with Gasteiger partial charge in [-0.2, -0.15) is 5.10 Å². The number of esters is 1. The Hall–Kier alpha value is -2.68. The minimum atomic E-state index is -0.521. The SMILES string of the molecule is COC(=O)c1csc(C)c1NC(=O)c1cc2n(n1)CC(C)NC2=O. The largest absolute Gasteiger partial charge is 0.465 e. The van der Waals surface area contributed by atoms with E-state index in [0.29, 0.717) is 23.5 Å². The van der Waals surface area contributed by atoms with Crippen molar-refractivity contribution in [3.05, 3.63) is 33.3 Å². The molecule has 1 atom stereocenters. The van der Waals surface area contributed by atoms with Crippen LogP contribution in [0.3, 0.4) is 0 Å². The number of thiophene rings is 1. The van der Waals surface area contributed by atoms with Crippen molar-refractivity contribution >= 4 is 34.8 Å². The molecule has 24 heavy (non-hydrogen) atoms. The van der Waals surface area contributed by atoms with E-state index < -0.39 is 11.9 Å². The Morgan fingerprint density at radius 1 is 1.50 bits per heavy atom. The quantitative estimate of drug-likeness (QED) is 0.817. The van der Waals surface area contributed by atoms with Gasteiger partial charge in [-0.25, -0.2) is 4.79 Å². The summed E-state index contributed by atoms with van der Waals surface area (Å²) in [6.07, 6.45) is 0. The first-order chi connectivity index (χ1) is 11.4. The van der Waals surface area contributed by atoms with E-state index in [4.69, 9.17) is 4.74 Å². The Kier molecular flexibility index (Phi) is 4.10. The first-order valence-electron chi connectivity index (χ1n) is 7.27. The van der Waals surface area contributed by atoms with E-state index in [1.165, 1.54) is 29.2 Å². The molecule has 1 aliphatic heterocycles. The summed E-state index contributed by atoms with van der Waals surface area (Å²) in [6, 6.07) is 1.39. The van der Waals surface area contributed by atoms with Gasteiger partial charge in [0.05, 0.1) is 24.9 Å². The molecule has 1 aliphatic rings. The van der Waals surface area contributed by atoms with Crippen molar-refractivity contribution in [2.24, 2.45) is 0 Å². The lowest BCUT2D eigenvalue weighted by Crippen LogP contribution is -2.42. The highest BCUT2D eigenvalue weighted by Gasteiger charge is 2.26. The third-order valence-electron chi connectivity index (χ3n) is 3.69. The van der Waals surface area contributed by atoms with Crippen LogP contribution in [0.15, 0.2) is 11.4 Å². The monoisotopic (exact) mass is 348 g/mol. The second-order valence-electron chi connectivity index (χ2n) is 5.50. The zero-order valence-electron chi connectivity index (χ0n) is 13.4. The molecule has 2 amide bonds. The van der Waals surface area contributed by atoms with Crippen LogP contribution in [0.1, 0.15) is 43.1 Å². The number of nitrogens with zero attached hydrogens (tertiary/aromatic N) is 2. The summed E-state index contributed by atoms with van der Waals surface area (Å²) >= 11 is 1.33. The number of hydrogen-bond donors (Lipinski definition) is 2. The molecule has 0 spiro atoms. The molecule has 2 aromatic rings.